The van der Waals surface area contributed by atoms with Crippen LogP contribution >= 0.6 is 0 Å². The number of carboxylic acids is 1. The molecule has 4 rings (SSSR count). The quantitative estimate of drug-likeness (QED) is 0.314. The molecule has 0 aromatic carbocycles. The van der Waals surface area contributed by atoms with Crippen LogP contribution in [0.3, 0.4) is 0 Å². The van der Waals surface area contributed by atoms with E-state index in [-0.39, 0.29) is 55.7 Å². The summed E-state index contributed by atoms with van der Waals surface area (Å²) in [5.74, 6) is -2.71. The van der Waals surface area contributed by atoms with Gasteiger partial charge in [-0.1, -0.05) is 53.2 Å². The maximum Gasteiger partial charge on any atom is 0.306 e. The van der Waals surface area contributed by atoms with Gasteiger partial charge in [0, 0.05) is 41.1 Å². The Morgan fingerprint density at radius 1 is 1.08 bits per heavy atom. The molecule has 0 radical (unpaired) electrons. The van der Waals surface area contributed by atoms with Crippen molar-refractivity contribution in [3.63, 3.8) is 0 Å². The number of aliphatic hydroxyl groups excluding tert-OH is 4. The molecule has 5 N–H and O–H groups in total. The summed E-state index contributed by atoms with van der Waals surface area (Å²) in [6.45, 7) is 10.8. The minimum atomic E-state index is -1.02. The van der Waals surface area contributed by atoms with Gasteiger partial charge in [-0.05, 0) is 42.1 Å². The van der Waals surface area contributed by atoms with Gasteiger partial charge in [0.05, 0.1) is 30.8 Å². The number of fused-ring (bicyclic) bond motifs is 4. The molecule has 0 amide bonds. The van der Waals surface area contributed by atoms with Crippen LogP contribution < -0.4 is 0 Å². The Labute approximate surface area is 224 Å². The molecule has 4 aliphatic carbocycles. The van der Waals surface area contributed by atoms with Gasteiger partial charge in [0.15, 0.2) is 5.78 Å². The van der Waals surface area contributed by atoms with Gasteiger partial charge in [-0.2, -0.15) is 0 Å². The Kier molecular flexibility index (Phi) is 7.17. The summed E-state index contributed by atoms with van der Waals surface area (Å²) in [7, 11) is 0. The van der Waals surface area contributed by atoms with Crippen molar-refractivity contribution >= 4 is 17.5 Å². The molecule has 10 atom stereocenters. The summed E-state index contributed by atoms with van der Waals surface area (Å²) in [5, 5.41) is 53.5. The van der Waals surface area contributed by atoms with Crippen molar-refractivity contribution in [3.8, 4) is 0 Å². The van der Waals surface area contributed by atoms with Crippen LogP contribution in [-0.2, 0) is 14.4 Å². The van der Waals surface area contributed by atoms with Crippen molar-refractivity contribution in [1.29, 1.82) is 0 Å². The van der Waals surface area contributed by atoms with Gasteiger partial charge in [0.25, 0.3) is 0 Å². The van der Waals surface area contributed by atoms with E-state index in [0.29, 0.717) is 24.0 Å². The van der Waals surface area contributed by atoms with Crippen molar-refractivity contribution in [1.82, 2.24) is 0 Å². The highest BCUT2D eigenvalue weighted by Crippen LogP contribution is 2.70. The summed E-state index contributed by atoms with van der Waals surface area (Å²) in [4.78, 5) is 38.0. The molecule has 38 heavy (non-hydrogen) atoms. The Bertz CT molecular complexity index is 1110. The molecule has 0 heterocycles. The van der Waals surface area contributed by atoms with Gasteiger partial charge in [-0.3, -0.25) is 14.4 Å². The normalized spacial score (nSPS) is 44.1. The van der Waals surface area contributed by atoms with Gasteiger partial charge in [0.1, 0.15) is 5.78 Å². The lowest BCUT2D eigenvalue weighted by molar-refractivity contribution is -0.149. The van der Waals surface area contributed by atoms with E-state index in [1.54, 1.807) is 6.08 Å². The van der Waals surface area contributed by atoms with E-state index in [4.69, 9.17) is 0 Å². The first-order valence-electron chi connectivity index (χ1n) is 13.9. The topological polar surface area (TPSA) is 152 Å². The maximum absolute atomic E-state index is 14.1. The van der Waals surface area contributed by atoms with E-state index in [1.165, 1.54) is 6.92 Å². The van der Waals surface area contributed by atoms with E-state index >= 15 is 0 Å². The van der Waals surface area contributed by atoms with Crippen LogP contribution in [0.4, 0.5) is 0 Å². The second-order valence-corrected chi connectivity index (χ2v) is 13.5. The lowest BCUT2D eigenvalue weighted by Gasteiger charge is -2.62. The number of Topliss-reactive ketones (excluding diaryl/α,β-unsaturated/α-hetero) is 2. The number of ketones is 2. The van der Waals surface area contributed by atoms with Crippen LogP contribution in [0, 0.1) is 39.4 Å². The smallest absolute Gasteiger partial charge is 0.306 e. The molecule has 0 saturated heterocycles. The van der Waals surface area contributed by atoms with E-state index in [1.807, 2.05) is 34.6 Å². The number of aliphatic carboxylic acids is 1. The molecular formula is C30H44O8. The highest BCUT2D eigenvalue weighted by molar-refractivity contribution is 6.00. The molecule has 0 aromatic heterocycles. The third kappa shape index (κ3) is 3.81. The summed E-state index contributed by atoms with van der Waals surface area (Å²) >= 11 is 0. The number of rotatable bonds is 7. The SMILES string of the molecule is CC(CC(=O)CC(C)C1=CC(O)C2(C)C3=C(C(=O)CC12C)C1(C)CCC(O)C(C)(CO)C1CC3O)C(=O)O. The van der Waals surface area contributed by atoms with Gasteiger partial charge in [-0.15, -0.1) is 0 Å². The van der Waals surface area contributed by atoms with Crippen LogP contribution in [-0.4, -0.2) is 68.0 Å². The van der Waals surface area contributed by atoms with Crippen LogP contribution in [0.15, 0.2) is 22.8 Å². The highest BCUT2D eigenvalue weighted by atomic mass is 16.4. The average molecular weight is 533 g/mol. The fraction of sp³-hybridized carbons (Fsp3) is 0.767. The van der Waals surface area contributed by atoms with Crippen LogP contribution in [0.1, 0.15) is 80.1 Å². The Morgan fingerprint density at radius 2 is 1.71 bits per heavy atom. The molecule has 212 valence electrons. The molecule has 8 heteroatoms. The molecule has 1 fully saturated rings. The second kappa shape index (κ2) is 9.36. The molecule has 4 aliphatic rings. The zero-order valence-electron chi connectivity index (χ0n) is 23.5. The predicted octanol–water partition coefficient (Wildman–Crippen LogP) is 2.82. The zero-order valence-corrected chi connectivity index (χ0v) is 23.5. The maximum atomic E-state index is 14.1. The largest absolute Gasteiger partial charge is 0.481 e. The monoisotopic (exact) mass is 532 g/mol. The van der Waals surface area contributed by atoms with E-state index in [2.05, 4.69) is 0 Å². The molecule has 10 unspecified atom stereocenters. The number of aliphatic hydroxyl groups is 4. The van der Waals surface area contributed by atoms with Gasteiger partial charge >= 0.3 is 5.97 Å². The fourth-order valence-electron chi connectivity index (χ4n) is 8.80. The molecular weight excluding hydrogens is 488 g/mol. The standard InChI is InChI=1S/C30H44O8/c1-15(9-17(32)10-16(2)26(37)38)18-11-23(36)30(6)25-19(33)12-21-27(3,8-7-22(35)28(21,4)14-31)24(25)20(34)13-29(18,30)5/h11,15-16,19,21-23,31,33,35-36H,7-10,12-14H2,1-6H3,(H,37,38). The Morgan fingerprint density at radius 3 is 2.29 bits per heavy atom. The summed E-state index contributed by atoms with van der Waals surface area (Å²) in [6, 6.07) is 0. The van der Waals surface area contributed by atoms with Crippen LogP contribution in [0.5, 0.6) is 0 Å². The number of carboxylic acid groups (broad SMARTS) is 1. The Hall–Kier alpha value is -1.87. The minimum Gasteiger partial charge on any atom is -0.481 e. The van der Waals surface area contributed by atoms with Crippen molar-refractivity contribution < 1.29 is 39.9 Å². The van der Waals surface area contributed by atoms with E-state index in [9.17, 15) is 39.9 Å². The predicted molar refractivity (Wildman–Crippen MR) is 140 cm³/mol. The van der Waals surface area contributed by atoms with Gasteiger partial charge in [-0.25, -0.2) is 0 Å². The first-order valence-corrected chi connectivity index (χ1v) is 13.9. The molecule has 0 spiro atoms. The summed E-state index contributed by atoms with van der Waals surface area (Å²) in [6.07, 6.45) is 0.377. The lowest BCUT2D eigenvalue weighted by atomic mass is 9.42. The second-order valence-electron chi connectivity index (χ2n) is 13.5. The first kappa shape index (κ1) is 29.1. The summed E-state index contributed by atoms with van der Waals surface area (Å²) in [5.41, 5.74) is -1.45. The Balaban J connectivity index is 1.76. The average Bonchev–Trinajstić information content (AvgIpc) is 3.03. The zero-order chi connectivity index (χ0) is 28.6. The fourth-order valence-corrected chi connectivity index (χ4v) is 8.80. The number of allylic oxidation sites excluding steroid dienone is 2. The van der Waals surface area contributed by atoms with E-state index < -0.39 is 51.9 Å². The first-order chi connectivity index (χ1) is 17.5. The molecule has 0 aliphatic heterocycles. The molecule has 0 aromatic rings. The minimum absolute atomic E-state index is 0.0777. The third-order valence-electron chi connectivity index (χ3n) is 11.3. The molecule has 8 nitrogen and oxygen atoms in total. The van der Waals surface area contributed by atoms with Crippen LogP contribution in [0.25, 0.3) is 0 Å². The molecule has 0 bridgehead atoms. The number of hydrogen-bond acceptors (Lipinski definition) is 7. The van der Waals surface area contributed by atoms with E-state index in [0.717, 1.165) is 5.57 Å². The van der Waals surface area contributed by atoms with Crippen molar-refractivity contribution in [2.75, 3.05) is 6.61 Å². The molecule has 1 saturated carbocycles. The lowest BCUT2D eigenvalue weighted by Crippen LogP contribution is -2.62. The van der Waals surface area contributed by atoms with Crippen LogP contribution in [0.2, 0.25) is 0 Å². The van der Waals surface area contributed by atoms with Crippen molar-refractivity contribution in [2.24, 2.45) is 39.4 Å². The number of hydrogen-bond donors (Lipinski definition) is 5. The van der Waals surface area contributed by atoms with Crippen molar-refractivity contribution in [2.45, 2.75) is 98.4 Å². The summed E-state index contributed by atoms with van der Waals surface area (Å²) < 4.78 is 0. The number of carbonyl (C=O) groups is 3. The van der Waals surface area contributed by atoms with Gasteiger partial charge < -0.3 is 25.5 Å². The third-order valence-corrected chi connectivity index (χ3v) is 11.3. The highest BCUT2D eigenvalue weighted by Gasteiger charge is 2.68. The van der Waals surface area contributed by atoms with Crippen molar-refractivity contribution in [3.05, 3.63) is 22.8 Å². The number of carbonyl (C=O) groups excluding carboxylic acids is 2. The van der Waals surface area contributed by atoms with Gasteiger partial charge in [0.2, 0.25) is 0 Å².